The fourth-order valence-corrected chi connectivity index (χ4v) is 1.91. The first kappa shape index (κ1) is 15.7. The third-order valence-corrected chi connectivity index (χ3v) is 3.57. The first-order valence-corrected chi connectivity index (χ1v) is 7.17. The quantitative estimate of drug-likeness (QED) is 0.482. The zero-order valence-electron chi connectivity index (χ0n) is 11.5. The zero-order chi connectivity index (χ0) is 14.7. The van der Waals surface area contributed by atoms with Crippen molar-refractivity contribution in [2.24, 2.45) is 5.41 Å². The lowest BCUT2D eigenvalue weighted by Crippen LogP contribution is -2.24. The van der Waals surface area contributed by atoms with Gasteiger partial charge in [-0.05, 0) is 39.8 Å². The Morgan fingerprint density at radius 2 is 1.68 bits per heavy atom. The normalized spacial score (nSPS) is 12.2. The minimum Gasteiger partial charge on any atom is -0.437 e. The summed E-state index contributed by atoms with van der Waals surface area (Å²) in [4.78, 5) is 11.5. The maximum atomic E-state index is 11.8. The molecule has 0 unspecified atom stereocenters. The van der Waals surface area contributed by atoms with Gasteiger partial charge in [0.1, 0.15) is 0 Å². The van der Waals surface area contributed by atoms with Gasteiger partial charge in [-0.25, -0.2) is 4.18 Å². The highest BCUT2D eigenvalue weighted by atomic mass is 32.2. The summed E-state index contributed by atoms with van der Waals surface area (Å²) in [5.41, 5.74) is 0.245. The first-order chi connectivity index (χ1) is 8.63. The van der Waals surface area contributed by atoms with Gasteiger partial charge in [-0.2, -0.15) is 8.42 Å². The molecular formula is C13H18O5S. The van der Waals surface area contributed by atoms with Crippen LogP contribution in [0.4, 0.5) is 0 Å². The molecule has 0 saturated carbocycles. The van der Waals surface area contributed by atoms with Crippen LogP contribution in [-0.4, -0.2) is 21.2 Å². The van der Waals surface area contributed by atoms with Gasteiger partial charge in [0.2, 0.25) is 6.79 Å². The third kappa shape index (κ3) is 4.65. The van der Waals surface area contributed by atoms with Crippen LogP contribution in [0.5, 0.6) is 0 Å². The van der Waals surface area contributed by atoms with Gasteiger partial charge < -0.3 is 4.74 Å². The average molecular weight is 286 g/mol. The molecule has 0 spiro atoms. The van der Waals surface area contributed by atoms with Crippen molar-refractivity contribution in [1.82, 2.24) is 0 Å². The van der Waals surface area contributed by atoms with Crippen LogP contribution in [0.2, 0.25) is 0 Å². The molecule has 5 nitrogen and oxygen atoms in total. The molecule has 1 rings (SSSR count). The molecule has 0 heterocycles. The van der Waals surface area contributed by atoms with E-state index < -0.39 is 28.3 Å². The molecule has 0 aromatic heterocycles. The summed E-state index contributed by atoms with van der Waals surface area (Å²) < 4.78 is 32.9. The largest absolute Gasteiger partial charge is 0.437 e. The van der Waals surface area contributed by atoms with Gasteiger partial charge in [0.25, 0.3) is 10.1 Å². The van der Waals surface area contributed by atoms with Gasteiger partial charge in [0, 0.05) is 0 Å². The smallest absolute Gasteiger partial charge is 0.313 e. The van der Waals surface area contributed by atoms with Crippen LogP contribution in [-0.2, 0) is 23.8 Å². The van der Waals surface area contributed by atoms with E-state index in [1.54, 1.807) is 32.9 Å². The van der Waals surface area contributed by atoms with Crippen LogP contribution < -0.4 is 0 Å². The van der Waals surface area contributed by atoms with Crippen LogP contribution in [0.25, 0.3) is 0 Å². The first-order valence-electron chi connectivity index (χ1n) is 5.76. The molecule has 0 fully saturated rings. The van der Waals surface area contributed by atoms with Crippen molar-refractivity contribution in [2.45, 2.75) is 32.6 Å². The Hall–Kier alpha value is -1.40. The summed E-state index contributed by atoms with van der Waals surface area (Å²) in [6, 6.07) is 6.21. The molecule has 0 N–H and O–H groups in total. The Bertz CT molecular complexity index is 537. The van der Waals surface area contributed by atoms with E-state index in [0.29, 0.717) is 0 Å². The molecule has 0 atom stereocenters. The summed E-state index contributed by atoms with van der Waals surface area (Å²) in [5.74, 6) is -0.522. The van der Waals surface area contributed by atoms with Crippen molar-refractivity contribution in [3.63, 3.8) is 0 Å². The Morgan fingerprint density at radius 1 is 1.16 bits per heavy atom. The topological polar surface area (TPSA) is 69.7 Å². The van der Waals surface area contributed by atoms with Crippen molar-refractivity contribution in [2.75, 3.05) is 6.79 Å². The highest BCUT2D eigenvalue weighted by Gasteiger charge is 2.24. The second-order valence-electron chi connectivity index (χ2n) is 5.18. The van der Waals surface area contributed by atoms with E-state index in [1.165, 1.54) is 12.1 Å². The lowest BCUT2D eigenvalue weighted by Gasteiger charge is -2.16. The van der Waals surface area contributed by atoms with Crippen LogP contribution >= 0.6 is 0 Å². The summed E-state index contributed by atoms with van der Waals surface area (Å²) >= 11 is 0. The van der Waals surface area contributed by atoms with Gasteiger partial charge >= 0.3 is 5.97 Å². The molecule has 0 aliphatic heterocycles. The van der Waals surface area contributed by atoms with Gasteiger partial charge in [0.05, 0.1) is 10.3 Å². The number of benzene rings is 1. The molecule has 0 aliphatic carbocycles. The average Bonchev–Trinajstić information content (AvgIpc) is 2.28. The van der Waals surface area contributed by atoms with Crippen LogP contribution in [0.15, 0.2) is 29.2 Å². The number of ether oxygens (including phenoxy) is 1. The maximum absolute atomic E-state index is 11.8. The molecule has 1 aromatic rings. The van der Waals surface area contributed by atoms with E-state index >= 15 is 0 Å². The van der Waals surface area contributed by atoms with Crippen molar-refractivity contribution >= 4 is 16.1 Å². The molecule has 0 saturated heterocycles. The Labute approximate surface area is 113 Å². The van der Waals surface area contributed by atoms with Gasteiger partial charge in [0.15, 0.2) is 0 Å². The van der Waals surface area contributed by atoms with E-state index in [1.807, 2.05) is 6.92 Å². The highest BCUT2D eigenvalue weighted by molar-refractivity contribution is 7.86. The van der Waals surface area contributed by atoms with Crippen LogP contribution in [0.1, 0.15) is 26.3 Å². The van der Waals surface area contributed by atoms with Crippen LogP contribution in [0.3, 0.4) is 0 Å². The predicted octanol–water partition coefficient (Wildman–Crippen LogP) is 2.25. The second kappa shape index (κ2) is 5.71. The van der Waals surface area contributed by atoms with E-state index in [2.05, 4.69) is 4.18 Å². The number of esters is 1. The SMILES string of the molecule is Cc1ccc(S(=O)(=O)OCOC(=O)C(C)(C)C)cc1. The summed E-state index contributed by atoms with van der Waals surface area (Å²) in [7, 11) is -3.90. The third-order valence-electron chi connectivity index (χ3n) is 2.32. The lowest BCUT2D eigenvalue weighted by molar-refractivity contribution is -0.159. The Morgan fingerprint density at radius 3 is 2.16 bits per heavy atom. The number of aryl methyl sites for hydroxylation is 1. The number of carbonyl (C=O) groups is 1. The van der Waals surface area contributed by atoms with E-state index in [0.717, 1.165) is 5.56 Å². The molecule has 6 heteroatoms. The van der Waals surface area contributed by atoms with Gasteiger partial charge in [-0.3, -0.25) is 4.79 Å². The summed E-state index contributed by atoms with van der Waals surface area (Å²) in [6.45, 7) is 6.24. The van der Waals surface area contributed by atoms with Crippen molar-refractivity contribution in [3.8, 4) is 0 Å². The van der Waals surface area contributed by atoms with Crippen LogP contribution in [0, 0.1) is 12.3 Å². The van der Waals surface area contributed by atoms with Crippen molar-refractivity contribution in [1.29, 1.82) is 0 Å². The lowest BCUT2D eigenvalue weighted by atomic mass is 9.98. The molecular weight excluding hydrogens is 268 g/mol. The van der Waals surface area contributed by atoms with Crippen molar-refractivity contribution < 1.29 is 22.1 Å². The number of rotatable bonds is 4. The molecule has 0 amide bonds. The number of hydrogen-bond donors (Lipinski definition) is 0. The van der Waals surface area contributed by atoms with Gasteiger partial charge in [-0.15, -0.1) is 0 Å². The highest BCUT2D eigenvalue weighted by Crippen LogP contribution is 2.16. The van der Waals surface area contributed by atoms with E-state index in [-0.39, 0.29) is 4.90 Å². The standard InChI is InChI=1S/C13H18O5S/c1-10-5-7-11(8-6-10)19(15,16)18-9-17-12(14)13(2,3)4/h5-8H,9H2,1-4H3. The van der Waals surface area contributed by atoms with Crippen molar-refractivity contribution in [3.05, 3.63) is 29.8 Å². The molecule has 1 aromatic carbocycles. The Kier molecular flexibility index (Phi) is 4.70. The minimum atomic E-state index is -3.90. The second-order valence-corrected chi connectivity index (χ2v) is 6.80. The number of carbonyl (C=O) groups excluding carboxylic acids is 1. The fraction of sp³-hybridized carbons (Fsp3) is 0.462. The van der Waals surface area contributed by atoms with E-state index in [9.17, 15) is 13.2 Å². The predicted molar refractivity (Wildman–Crippen MR) is 69.9 cm³/mol. The molecule has 0 radical (unpaired) electrons. The summed E-state index contributed by atoms with van der Waals surface area (Å²) in [5, 5.41) is 0. The molecule has 106 valence electrons. The Balaban J connectivity index is 2.62. The zero-order valence-corrected chi connectivity index (χ0v) is 12.3. The molecule has 0 aliphatic rings. The molecule has 19 heavy (non-hydrogen) atoms. The maximum Gasteiger partial charge on any atom is 0.313 e. The summed E-state index contributed by atoms with van der Waals surface area (Å²) in [6.07, 6.45) is 0. The number of hydrogen-bond acceptors (Lipinski definition) is 5. The van der Waals surface area contributed by atoms with Gasteiger partial charge in [-0.1, -0.05) is 17.7 Å². The minimum absolute atomic E-state index is 0.0323. The monoisotopic (exact) mass is 286 g/mol. The fourth-order valence-electron chi connectivity index (χ4n) is 1.13. The van der Waals surface area contributed by atoms with E-state index in [4.69, 9.17) is 4.74 Å². The molecule has 0 bridgehead atoms.